The summed E-state index contributed by atoms with van der Waals surface area (Å²) in [5, 5.41) is 2.98. The largest absolute Gasteiger partial charge is 0.468 e. The number of esters is 1. The van der Waals surface area contributed by atoms with E-state index < -0.39 is 0 Å². The average molecular weight is 264 g/mol. The lowest BCUT2D eigenvalue weighted by Crippen LogP contribution is -2.38. The van der Waals surface area contributed by atoms with Crippen LogP contribution in [-0.4, -0.2) is 39.8 Å². The molecule has 0 aromatic heterocycles. The summed E-state index contributed by atoms with van der Waals surface area (Å²) in [6.45, 7) is 2.94. The molecule has 0 aliphatic carbocycles. The van der Waals surface area contributed by atoms with Crippen LogP contribution in [0.5, 0.6) is 0 Å². The molecule has 0 aliphatic rings. The van der Waals surface area contributed by atoms with Gasteiger partial charge in [-0.3, -0.25) is 4.79 Å². The Morgan fingerprint density at radius 1 is 1.37 bits per heavy atom. The van der Waals surface area contributed by atoms with E-state index in [1.54, 1.807) is 7.05 Å². The molecule has 0 amide bonds. The first-order chi connectivity index (χ1) is 9.12. The maximum Gasteiger partial charge on any atom is 0.322 e. The van der Waals surface area contributed by atoms with Crippen molar-refractivity contribution in [2.24, 2.45) is 0 Å². The van der Waals surface area contributed by atoms with Crippen molar-refractivity contribution in [1.29, 1.82) is 0 Å². The van der Waals surface area contributed by atoms with Crippen molar-refractivity contribution < 1.29 is 9.53 Å². The van der Waals surface area contributed by atoms with Gasteiger partial charge >= 0.3 is 5.97 Å². The van der Waals surface area contributed by atoms with Gasteiger partial charge in [0.2, 0.25) is 0 Å². The number of anilines is 1. The highest BCUT2D eigenvalue weighted by molar-refractivity contribution is 5.75. The lowest BCUT2D eigenvalue weighted by Gasteiger charge is -2.22. The third-order valence-corrected chi connectivity index (χ3v) is 3.37. The van der Waals surface area contributed by atoms with Crippen molar-refractivity contribution in [3.8, 4) is 0 Å². The number of hydrogen-bond donors (Lipinski definition) is 1. The van der Waals surface area contributed by atoms with E-state index in [2.05, 4.69) is 41.4 Å². The molecular formula is C15H24N2O2. The number of methoxy groups -OCH3 is 1. The molecule has 0 saturated carbocycles. The fourth-order valence-electron chi connectivity index (χ4n) is 1.96. The Balaban J connectivity index is 2.53. The minimum atomic E-state index is -0.248. The van der Waals surface area contributed by atoms with Crippen LogP contribution >= 0.6 is 0 Å². The van der Waals surface area contributed by atoms with Crippen LogP contribution < -0.4 is 10.2 Å². The molecule has 0 spiro atoms. The van der Waals surface area contributed by atoms with Crippen molar-refractivity contribution in [1.82, 2.24) is 5.32 Å². The number of rotatable bonds is 7. The van der Waals surface area contributed by atoms with Gasteiger partial charge in [-0.05, 0) is 37.6 Å². The van der Waals surface area contributed by atoms with Gasteiger partial charge in [0.15, 0.2) is 0 Å². The monoisotopic (exact) mass is 264 g/mol. The molecule has 0 saturated heterocycles. The normalized spacial score (nSPS) is 12.0. The summed E-state index contributed by atoms with van der Waals surface area (Å²) in [5.74, 6) is -0.211. The van der Waals surface area contributed by atoms with E-state index in [4.69, 9.17) is 4.74 Å². The van der Waals surface area contributed by atoms with E-state index in [0.29, 0.717) is 0 Å². The molecule has 0 radical (unpaired) electrons. The summed E-state index contributed by atoms with van der Waals surface area (Å²) in [6.07, 6.45) is 1.77. The molecular weight excluding hydrogens is 240 g/mol. The van der Waals surface area contributed by atoms with Gasteiger partial charge in [0.05, 0.1) is 7.11 Å². The van der Waals surface area contributed by atoms with E-state index in [0.717, 1.165) is 25.1 Å². The number of benzene rings is 1. The molecule has 1 N–H and O–H groups in total. The maximum absolute atomic E-state index is 11.5. The summed E-state index contributed by atoms with van der Waals surface area (Å²) in [7, 11) is 5.22. The third kappa shape index (κ3) is 4.56. The fourth-order valence-corrected chi connectivity index (χ4v) is 1.96. The van der Waals surface area contributed by atoms with Crippen LogP contribution in [0.25, 0.3) is 0 Å². The van der Waals surface area contributed by atoms with Gasteiger partial charge in [-0.1, -0.05) is 19.1 Å². The summed E-state index contributed by atoms with van der Waals surface area (Å²) in [4.78, 5) is 13.6. The van der Waals surface area contributed by atoms with E-state index in [1.807, 2.05) is 7.05 Å². The minimum absolute atomic E-state index is 0.211. The highest BCUT2D eigenvalue weighted by Gasteiger charge is 2.17. The van der Waals surface area contributed by atoms with Crippen molar-refractivity contribution in [2.45, 2.75) is 25.8 Å². The molecule has 1 unspecified atom stereocenters. The number of nitrogens with zero attached hydrogens (tertiary/aromatic N) is 1. The Morgan fingerprint density at radius 2 is 2.00 bits per heavy atom. The van der Waals surface area contributed by atoms with E-state index in [-0.39, 0.29) is 12.0 Å². The number of carbonyl (C=O) groups excluding carboxylic acids is 1. The second-order valence-electron chi connectivity index (χ2n) is 4.59. The van der Waals surface area contributed by atoms with E-state index >= 15 is 0 Å². The molecule has 4 nitrogen and oxygen atoms in total. The Bertz CT molecular complexity index is 390. The lowest BCUT2D eigenvalue weighted by atomic mass is 10.1. The number of carbonyl (C=O) groups is 1. The smallest absolute Gasteiger partial charge is 0.322 e. The number of ether oxygens (including phenoxy) is 1. The van der Waals surface area contributed by atoms with Crippen LogP contribution in [0.3, 0.4) is 0 Å². The SMILES string of the molecule is CCc1ccc(N(C)CCC(NC)C(=O)OC)cc1. The Morgan fingerprint density at radius 3 is 2.47 bits per heavy atom. The number of nitrogens with one attached hydrogen (secondary N) is 1. The standard InChI is InChI=1S/C15H24N2O2/c1-5-12-6-8-13(9-7-12)17(3)11-10-14(16-2)15(18)19-4/h6-9,14,16H,5,10-11H2,1-4H3. The molecule has 0 heterocycles. The summed E-state index contributed by atoms with van der Waals surface area (Å²) in [5.41, 5.74) is 2.50. The zero-order chi connectivity index (χ0) is 14.3. The predicted octanol–water partition coefficient (Wildman–Crippen LogP) is 1.84. The van der Waals surface area contributed by atoms with Crippen molar-refractivity contribution in [3.05, 3.63) is 29.8 Å². The average Bonchev–Trinajstić information content (AvgIpc) is 2.47. The molecule has 19 heavy (non-hydrogen) atoms. The minimum Gasteiger partial charge on any atom is -0.468 e. The van der Waals surface area contributed by atoms with Crippen LogP contribution in [0.15, 0.2) is 24.3 Å². The molecule has 4 heteroatoms. The molecule has 1 rings (SSSR count). The third-order valence-electron chi connectivity index (χ3n) is 3.37. The van der Waals surface area contributed by atoms with Crippen molar-refractivity contribution >= 4 is 11.7 Å². The van der Waals surface area contributed by atoms with Crippen LogP contribution in [0.4, 0.5) is 5.69 Å². The molecule has 106 valence electrons. The molecule has 1 aromatic carbocycles. The van der Waals surface area contributed by atoms with Gasteiger partial charge in [-0.2, -0.15) is 0 Å². The molecule has 0 aliphatic heterocycles. The molecule has 0 fully saturated rings. The van der Waals surface area contributed by atoms with Gasteiger partial charge in [0.1, 0.15) is 6.04 Å². The van der Waals surface area contributed by atoms with E-state index in [9.17, 15) is 4.79 Å². The van der Waals surface area contributed by atoms with Crippen molar-refractivity contribution in [3.63, 3.8) is 0 Å². The van der Waals surface area contributed by atoms with Crippen LogP contribution in [0.2, 0.25) is 0 Å². The van der Waals surface area contributed by atoms with E-state index in [1.165, 1.54) is 12.7 Å². The summed E-state index contributed by atoms with van der Waals surface area (Å²) < 4.78 is 4.75. The van der Waals surface area contributed by atoms with Crippen LogP contribution in [-0.2, 0) is 16.0 Å². The summed E-state index contributed by atoms with van der Waals surface area (Å²) >= 11 is 0. The highest BCUT2D eigenvalue weighted by Crippen LogP contribution is 2.14. The first kappa shape index (κ1) is 15.5. The van der Waals surface area contributed by atoms with Gasteiger partial charge in [0.25, 0.3) is 0 Å². The molecule has 0 bridgehead atoms. The highest BCUT2D eigenvalue weighted by atomic mass is 16.5. The first-order valence-corrected chi connectivity index (χ1v) is 6.67. The molecule has 1 aromatic rings. The quantitative estimate of drug-likeness (QED) is 0.763. The Kier molecular flexibility index (Phi) is 6.36. The summed E-state index contributed by atoms with van der Waals surface area (Å²) in [6, 6.07) is 8.27. The predicted molar refractivity (Wildman–Crippen MR) is 78.6 cm³/mol. The van der Waals surface area contributed by atoms with Gasteiger partial charge in [0, 0.05) is 19.3 Å². The topological polar surface area (TPSA) is 41.6 Å². The van der Waals surface area contributed by atoms with Gasteiger partial charge in [-0.25, -0.2) is 0 Å². The van der Waals surface area contributed by atoms with Gasteiger partial charge in [-0.15, -0.1) is 0 Å². The Hall–Kier alpha value is -1.55. The number of likely N-dealkylation sites (N-methyl/N-ethyl adjacent to an activating group) is 1. The maximum atomic E-state index is 11.5. The second-order valence-corrected chi connectivity index (χ2v) is 4.59. The fraction of sp³-hybridized carbons (Fsp3) is 0.533. The number of hydrogen-bond acceptors (Lipinski definition) is 4. The van der Waals surface area contributed by atoms with Crippen LogP contribution in [0.1, 0.15) is 18.9 Å². The first-order valence-electron chi connectivity index (χ1n) is 6.67. The van der Waals surface area contributed by atoms with Crippen LogP contribution in [0, 0.1) is 0 Å². The molecule has 1 atom stereocenters. The van der Waals surface area contributed by atoms with Crippen molar-refractivity contribution in [2.75, 3.05) is 32.6 Å². The zero-order valence-corrected chi connectivity index (χ0v) is 12.3. The number of aryl methyl sites for hydroxylation is 1. The zero-order valence-electron chi connectivity index (χ0n) is 12.3. The Labute approximate surface area is 115 Å². The lowest BCUT2D eigenvalue weighted by molar-refractivity contribution is -0.143. The second kappa shape index (κ2) is 7.79. The van der Waals surface area contributed by atoms with Gasteiger partial charge < -0.3 is 15.0 Å².